The summed E-state index contributed by atoms with van der Waals surface area (Å²) >= 11 is 0. The van der Waals surface area contributed by atoms with Crippen molar-refractivity contribution in [2.24, 2.45) is 11.7 Å². The number of esters is 2. The molecule has 1 saturated carbocycles. The molecule has 2 fully saturated rings. The molecule has 13 atom stereocenters. The number of rotatable bonds is 43. The number of nitrogens with zero attached hydrogens (tertiary/aromatic N) is 1. The van der Waals surface area contributed by atoms with Crippen LogP contribution in [0.2, 0.25) is 0 Å². The van der Waals surface area contributed by atoms with Crippen molar-refractivity contribution < 1.29 is 82.4 Å². The minimum atomic E-state index is -5.05. The van der Waals surface area contributed by atoms with Crippen molar-refractivity contribution >= 4 is 19.8 Å². The number of phosphoric ester groups is 1. The zero-order valence-corrected chi connectivity index (χ0v) is 46.1. The summed E-state index contributed by atoms with van der Waals surface area (Å²) in [5.74, 6) is -2.75. The van der Waals surface area contributed by atoms with Gasteiger partial charge in [0.2, 0.25) is 0 Å². The van der Waals surface area contributed by atoms with E-state index in [0.29, 0.717) is 12.8 Å². The van der Waals surface area contributed by atoms with Gasteiger partial charge < -0.3 is 55.7 Å². The smallest absolute Gasteiger partial charge is 0.462 e. The maximum Gasteiger partial charge on any atom is 0.521 e. The summed E-state index contributed by atoms with van der Waals surface area (Å²) in [5.41, 5.74) is 6.29. The summed E-state index contributed by atoms with van der Waals surface area (Å²) in [5, 5.41) is 76.0. The number of unbranched alkanes of at least 4 members (excludes halogenated alkanes) is 24. The molecule has 0 aromatic heterocycles. The molecule has 0 aromatic rings. The van der Waals surface area contributed by atoms with E-state index in [1.807, 2.05) is 0 Å². The third-order valence-electron chi connectivity index (χ3n) is 14.9. The van der Waals surface area contributed by atoms with Crippen molar-refractivity contribution in [3.63, 3.8) is 0 Å². The Morgan fingerprint density at radius 1 is 0.556 bits per heavy atom. The van der Waals surface area contributed by atoms with Gasteiger partial charge in [-0.1, -0.05) is 173 Å². The van der Waals surface area contributed by atoms with Gasteiger partial charge >= 0.3 is 19.8 Å². The third-order valence-corrected chi connectivity index (χ3v) is 16.4. The number of hydroxylamine groups is 3. The number of nitrogens with two attached hydrogens (primary N) is 1. The molecule has 19 heteroatoms. The van der Waals surface area contributed by atoms with Crippen molar-refractivity contribution in [3.8, 4) is 0 Å². The van der Waals surface area contributed by atoms with Crippen LogP contribution in [0.25, 0.3) is 0 Å². The monoisotopic (exact) mass is 1060 g/mol. The van der Waals surface area contributed by atoms with E-state index in [2.05, 4.69) is 13.8 Å². The Balaban J connectivity index is 2.21. The number of hydrogen-bond acceptors (Lipinski definition) is 17. The molecule has 426 valence electrons. The van der Waals surface area contributed by atoms with Gasteiger partial charge in [-0.3, -0.25) is 18.6 Å². The van der Waals surface area contributed by atoms with Crippen LogP contribution in [-0.2, 0) is 42.0 Å². The predicted molar refractivity (Wildman–Crippen MR) is 276 cm³/mol. The Morgan fingerprint density at radius 3 is 1.40 bits per heavy atom. The van der Waals surface area contributed by atoms with Crippen molar-refractivity contribution in [1.82, 2.24) is 0 Å². The normalized spacial score (nSPS) is 27.1. The molecule has 0 bridgehead atoms. The zero-order valence-electron chi connectivity index (χ0n) is 45.2. The van der Waals surface area contributed by atoms with Crippen LogP contribution in [0.4, 0.5) is 0 Å². The number of aliphatic hydroxyl groups is 7. The van der Waals surface area contributed by atoms with E-state index in [0.717, 1.165) is 44.9 Å². The van der Waals surface area contributed by atoms with Gasteiger partial charge in [-0.05, 0) is 33.6 Å². The molecule has 0 aromatic carbocycles. The van der Waals surface area contributed by atoms with Crippen LogP contribution in [0, 0.1) is 5.92 Å². The highest BCUT2D eigenvalue weighted by Gasteiger charge is 2.59. The summed E-state index contributed by atoms with van der Waals surface area (Å²) < 4.78 is 50.4. The highest BCUT2D eigenvalue weighted by atomic mass is 31.2. The van der Waals surface area contributed by atoms with E-state index in [1.165, 1.54) is 109 Å². The Morgan fingerprint density at radius 2 is 0.972 bits per heavy atom. The number of quaternary nitrogens is 1. The number of aliphatic hydroxyl groups excluding tert-OH is 7. The lowest BCUT2D eigenvalue weighted by Gasteiger charge is -2.51. The summed E-state index contributed by atoms with van der Waals surface area (Å²) in [6.07, 6.45) is 12.3. The second kappa shape index (κ2) is 38.2. The van der Waals surface area contributed by atoms with Crippen molar-refractivity contribution in [2.75, 3.05) is 39.5 Å². The fraction of sp³-hybridized carbons (Fsp3) is 0.962. The second-order valence-electron chi connectivity index (χ2n) is 20.6. The topological polar surface area (TPSA) is 274 Å². The standard InChI is InChI=1S/C53H104N2O16P/c1-6-11-13-15-17-19-21-23-25-27-29-31-33-35-42(57)66-38-40(68-43(58)36-34-32-30-28-26-24-22-20-18-16-14-12-7-2)39-67-72(65,71-55(8-3,9-4)10-5)70-53-44(47(60)49(62)50(63)51(53)64)52-45(54)48(61)46(59)41(37-56)69-52/h40-41,44-53,56,59-64H,6-39,54H2,1-5H3/q+1/t40-,41-,44+,45+,46-,47-,48-,49+,50-,51-,52-,53+,72?/m1/s1. The molecule has 9 N–H and O–H groups in total. The van der Waals surface area contributed by atoms with Gasteiger partial charge in [0.15, 0.2) is 6.10 Å². The molecule has 0 spiro atoms. The molecule has 1 aliphatic heterocycles. The number of phosphoric acid groups is 1. The molecule has 72 heavy (non-hydrogen) atoms. The Bertz CT molecular complexity index is 1440. The average Bonchev–Trinajstić information content (AvgIpc) is 3.37. The van der Waals surface area contributed by atoms with Crippen LogP contribution in [0.5, 0.6) is 0 Å². The number of carbonyl (C=O) groups excluding carboxylic acids is 2. The van der Waals surface area contributed by atoms with Crippen LogP contribution in [0.3, 0.4) is 0 Å². The number of carbonyl (C=O) groups is 2. The minimum Gasteiger partial charge on any atom is -0.462 e. The maximum absolute atomic E-state index is 15.2. The quantitative estimate of drug-likeness (QED) is 0.00959. The van der Waals surface area contributed by atoms with Crippen molar-refractivity contribution in [3.05, 3.63) is 0 Å². The van der Waals surface area contributed by atoms with Crippen LogP contribution in [0.15, 0.2) is 0 Å². The maximum atomic E-state index is 15.2. The summed E-state index contributed by atoms with van der Waals surface area (Å²) in [6.45, 7) is 8.60. The average molecular weight is 1060 g/mol. The first-order chi connectivity index (χ1) is 34.6. The molecule has 1 aliphatic carbocycles. The van der Waals surface area contributed by atoms with Gasteiger partial charge in [0, 0.05) is 18.8 Å². The molecule has 1 unspecified atom stereocenters. The van der Waals surface area contributed by atoms with Crippen molar-refractivity contribution in [1.29, 1.82) is 0 Å². The van der Waals surface area contributed by atoms with E-state index < -0.39 is 113 Å². The zero-order chi connectivity index (χ0) is 53.4. The Kier molecular flexibility index (Phi) is 35.5. The molecule has 0 radical (unpaired) electrons. The highest BCUT2D eigenvalue weighted by molar-refractivity contribution is 7.48. The van der Waals surface area contributed by atoms with Crippen LogP contribution < -0.4 is 5.73 Å². The summed E-state index contributed by atoms with van der Waals surface area (Å²) in [4.78, 5) is 26.4. The Hall–Kier alpha value is -1.35. The van der Waals surface area contributed by atoms with Gasteiger partial charge in [-0.25, -0.2) is 4.57 Å². The molecule has 2 aliphatic rings. The molecule has 2 rings (SSSR count). The fourth-order valence-corrected chi connectivity index (χ4v) is 11.8. The molecule has 18 nitrogen and oxygen atoms in total. The second-order valence-corrected chi connectivity index (χ2v) is 22.1. The van der Waals surface area contributed by atoms with E-state index in [1.54, 1.807) is 20.8 Å². The van der Waals surface area contributed by atoms with Crippen molar-refractivity contribution in [2.45, 2.75) is 281 Å². The predicted octanol–water partition coefficient (Wildman–Crippen LogP) is 7.60. The minimum absolute atomic E-state index is 0.0818. The Labute approximate surface area is 433 Å². The lowest BCUT2D eigenvalue weighted by atomic mass is 9.72. The highest BCUT2D eigenvalue weighted by Crippen LogP contribution is 2.56. The molecular weight excluding hydrogens is 952 g/mol. The first kappa shape index (κ1) is 66.8. The summed E-state index contributed by atoms with van der Waals surface area (Å²) in [7, 11) is -5.05. The van der Waals surface area contributed by atoms with Gasteiger partial charge in [0.05, 0.1) is 31.5 Å². The molecule has 0 amide bonds. The first-order valence-corrected chi connectivity index (χ1v) is 30.0. The molecule has 1 saturated heterocycles. The third kappa shape index (κ3) is 24.3. The lowest BCUT2D eigenvalue weighted by Crippen LogP contribution is -2.71. The van der Waals surface area contributed by atoms with E-state index in [4.69, 9.17) is 33.6 Å². The van der Waals surface area contributed by atoms with Crippen LogP contribution in [-0.4, -0.2) is 159 Å². The van der Waals surface area contributed by atoms with Gasteiger partial charge in [0.25, 0.3) is 0 Å². The van der Waals surface area contributed by atoms with Gasteiger partial charge in [-0.15, -0.1) is 0 Å². The van der Waals surface area contributed by atoms with E-state index in [-0.39, 0.29) is 37.1 Å². The van der Waals surface area contributed by atoms with E-state index >= 15 is 4.57 Å². The van der Waals surface area contributed by atoms with E-state index in [9.17, 15) is 45.3 Å². The largest absolute Gasteiger partial charge is 0.521 e. The fourth-order valence-electron chi connectivity index (χ4n) is 9.92. The number of hydrogen-bond donors (Lipinski definition) is 8. The van der Waals surface area contributed by atoms with Gasteiger partial charge in [0.1, 0.15) is 69.0 Å². The number of ether oxygens (including phenoxy) is 3. The molecule has 1 heterocycles. The van der Waals surface area contributed by atoms with Crippen LogP contribution in [0.1, 0.15) is 214 Å². The first-order valence-electron chi connectivity index (χ1n) is 28.5. The SMILES string of the molecule is CCCCCCCCCCCCCCCC(=O)OC[C@H](COP(=O)(O[C@@H]1[C@H](O)[C@H](O)[C@@H](O)[C@H](O)[C@H]1[C@H]1O[C@H](CO)[C@@H](O)[C@H](O)[C@@H]1N)O[N+](CC)(CC)CC)OC(=O)CCCCCCCCCCCCCCC. The molecular formula is C53H104N2O16P+. The van der Waals surface area contributed by atoms with Gasteiger partial charge in [-0.2, -0.15) is 4.65 Å². The lowest BCUT2D eigenvalue weighted by molar-refractivity contribution is -1.08. The van der Waals surface area contributed by atoms with Crippen LogP contribution >= 0.6 is 7.82 Å². The summed E-state index contributed by atoms with van der Waals surface area (Å²) in [6, 6.07) is -1.51.